The van der Waals surface area contributed by atoms with Gasteiger partial charge in [-0.3, -0.25) is 9.69 Å². The third-order valence-electron chi connectivity index (χ3n) is 6.41. The number of ether oxygens (including phenoxy) is 2. The molecule has 4 amide bonds. The summed E-state index contributed by atoms with van der Waals surface area (Å²) in [4.78, 5) is 43.2. The molecule has 0 spiro atoms. The molecule has 1 unspecified atom stereocenters. The van der Waals surface area contributed by atoms with E-state index >= 15 is 0 Å². The smallest absolute Gasteiger partial charge is 0.407 e. The van der Waals surface area contributed by atoms with Crippen LogP contribution in [0.15, 0.2) is 48.5 Å². The highest BCUT2D eigenvalue weighted by atomic mass is 16.5. The number of urea groups is 1. The van der Waals surface area contributed by atoms with Gasteiger partial charge in [0.25, 0.3) is 5.91 Å². The SMILES string of the molecule is O=C(O)N1CCN2C(=O)N(c3ccc(Oc4ccc(C(=O)N5CCOCC5)cc4)cc3)CC2C1. The summed E-state index contributed by atoms with van der Waals surface area (Å²) in [6.45, 7) is 3.81. The van der Waals surface area contributed by atoms with Gasteiger partial charge in [0.2, 0.25) is 0 Å². The molecule has 3 aliphatic heterocycles. The van der Waals surface area contributed by atoms with E-state index in [0.29, 0.717) is 69.5 Å². The molecule has 3 saturated heterocycles. The second-order valence-electron chi connectivity index (χ2n) is 8.49. The Labute approximate surface area is 196 Å². The number of piperazine rings is 1. The van der Waals surface area contributed by atoms with Crippen LogP contribution in [0.3, 0.4) is 0 Å². The molecule has 1 atom stereocenters. The van der Waals surface area contributed by atoms with Crippen molar-refractivity contribution in [1.29, 1.82) is 0 Å². The van der Waals surface area contributed by atoms with Gasteiger partial charge in [0.05, 0.1) is 19.3 Å². The van der Waals surface area contributed by atoms with Gasteiger partial charge in [-0.2, -0.15) is 0 Å². The van der Waals surface area contributed by atoms with E-state index in [1.807, 2.05) is 12.1 Å². The zero-order valence-corrected chi connectivity index (χ0v) is 18.6. The lowest BCUT2D eigenvalue weighted by molar-refractivity contribution is 0.0303. The van der Waals surface area contributed by atoms with E-state index in [2.05, 4.69) is 0 Å². The molecule has 2 aromatic carbocycles. The van der Waals surface area contributed by atoms with Crippen LogP contribution < -0.4 is 9.64 Å². The summed E-state index contributed by atoms with van der Waals surface area (Å²) in [5, 5.41) is 9.23. The minimum absolute atomic E-state index is 0.0164. The second kappa shape index (κ2) is 9.22. The lowest BCUT2D eigenvalue weighted by Crippen LogP contribution is -2.53. The minimum atomic E-state index is -0.953. The molecule has 3 heterocycles. The van der Waals surface area contributed by atoms with Crippen LogP contribution in [0.1, 0.15) is 10.4 Å². The van der Waals surface area contributed by atoms with E-state index in [4.69, 9.17) is 9.47 Å². The number of hydrogen-bond acceptors (Lipinski definition) is 5. The van der Waals surface area contributed by atoms with Gasteiger partial charge in [-0.05, 0) is 48.5 Å². The van der Waals surface area contributed by atoms with E-state index in [1.165, 1.54) is 4.90 Å². The largest absolute Gasteiger partial charge is 0.465 e. The molecule has 34 heavy (non-hydrogen) atoms. The monoisotopic (exact) mass is 466 g/mol. The Balaban J connectivity index is 1.21. The second-order valence-corrected chi connectivity index (χ2v) is 8.49. The molecule has 0 aromatic heterocycles. The average Bonchev–Trinajstić information content (AvgIpc) is 3.21. The van der Waals surface area contributed by atoms with Crippen LogP contribution in [0.4, 0.5) is 15.3 Å². The van der Waals surface area contributed by atoms with Crippen LogP contribution in [0.25, 0.3) is 0 Å². The Morgan fingerprint density at radius 3 is 2.15 bits per heavy atom. The van der Waals surface area contributed by atoms with Crippen LogP contribution in [0, 0.1) is 0 Å². The number of carboxylic acid groups (broad SMARTS) is 1. The van der Waals surface area contributed by atoms with Gasteiger partial charge in [0.15, 0.2) is 0 Å². The number of fused-ring (bicyclic) bond motifs is 1. The van der Waals surface area contributed by atoms with E-state index in [1.54, 1.807) is 51.1 Å². The molecule has 10 heteroatoms. The van der Waals surface area contributed by atoms with E-state index in [-0.39, 0.29) is 18.0 Å². The molecule has 1 N–H and O–H groups in total. The van der Waals surface area contributed by atoms with Gasteiger partial charge in [0.1, 0.15) is 11.5 Å². The van der Waals surface area contributed by atoms with E-state index in [0.717, 1.165) is 5.69 Å². The maximum Gasteiger partial charge on any atom is 0.407 e. The molecular formula is C24H26N4O6. The van der Waals surface area contributed by atoms with E-state index in [9.17, 15) is 19.5 Å². The van der Waals surface area contributed by atoms with Gasteiger partial charge >= 0.3 is 12.1 Å². The van der Waals surface area contributed by atoms with Gasteiger partial charge < -0.3 is 29.3 Å². The zero-order chi connectivity index (χ0) is 23.7. The molecule has 0 bridgehead atoms. The van der Waals surface area contributed by atoms with Crippen molar-refractivity contribution in [3.05, 3.63) is 54.1 Å². The predicted octanol–water partition coefficient (Wildman–Crippen LogP) is 2.56. The molecule has 10 nitrogen and oxygen atoms in total. The van der Waals surface area contributed by atoms with Crippen LogP contribution in [-0.4, -0.2) is 96.4 Å². The topological polar surface area (TPSA) is 103 Å². The van der Waals surface area contributed by atoms with Crippen molar-refractivity contribution < 1.29 is 29.0 Å². The van der Waals surface area contributed by atoms with Crippen molar-refractivity contribution in [2.45, 2.75) is 6.04 Å². The number of morpholine rings is 1. The standard InChI is InChI=1S/C24H26N4O6/c29-22(25-11-13-33-14-12-25)17-1-5-20(6-2-17)34-21-7-3-18(4-8-21)28-16-19-15-26(24(31)32)9-10-27(19)23(28)30/h1-8,19H,9-16H2,(H,31,32). The number of nitrogens with zero attached hydrogens (tertiary/aromatic N) is 4. The number of anilines is 1. The fourth-order valence-electron chi connectivity index (χ4n) is 4.54. The summed E-state index contributed by atoms with van der Waals surface area (Å²) in [5.41, 5.74) is 1.34. The van der Waals surface area contributed by atoms with Gasteiger partial charge in [-0.1, -0.05) is 0 Å². The van der Waals surface area contributed by atoms with Crippen LogP contribution in [0.2, 0.25) is 0 Å². The summed E-state index contributed by atoms with van der Waals surface area (Å²) in [5.74, 6) is 1.20. The Bertz CT molecular complexity index is 1070. The molecule has 3 aliphatic rings. The molecular weight excluding hydrogens is 440 g/mol. The summed E-state index contributed by atoms with van der Waals surface area (Å²) in [6.07, 6.45) is -0.953. The summed E-state index contributed by atoms with van der Waals surface area (Å²) in [6, 6.07) is 14.0. The number of amides is 4. The van der Waals surface area contributed by atoms with Crippen LogP contribution >= 0.6 is 0 Å². The molecule has 0 aliphatic carbocycles. The average molecular weight is 466 g/mol. The minimum Gasteiger partial charge on any atom is -0.465 e. The first-order valence-electron chi connectivity index (χ1n) is 11.3. The molecule has 0 saturated carbocycles. The molecule has 2 aromatic rings. The number of benzene rings is 2. The maximum atomic E-state index is 12.8. The first-order chi connectivity index (χ1) is 16.5. The normalized spacial score (nSPS) is 20.4. The van der Waals surface area contributed by atoms with Crippen molar-refractivity contribution in [2.75, 3.05) is 57.4 Å². The number of rotatable bonds is 4. The quantitative estimate of drug-likeness (QED) is 0.743. The lowest BCUT2D eigenvalue weighted by Gasteiger charge is -2.34. The van der Waals surface area contributed by atoms with Crippen LogP contribution in [-0.2, 0) is 4.74 Å². The third kappa shape index (κ3) is 4.36. The molecule has 0 radical (unpaired) electrons. The Hall–Kier alpha value is -3.79. The van der Waals surface area contributed by atoms with Gasteiger partial charge in [0, 0.05) is 50.5 Å². The number of carbonyl (C=O) groups is 3. The van der Waals surface area contributed by atoms with Crippen LogP contribution in [0.5, 0.6) is 11.5 Å². The third-order valence-corrected chi connectivity index (χ3v) is 6.41. The van der Waals surface area contributed by atoms with Crippen molar-refractivity contribution >= 4 is 23.7 Å². The Kier molecular flexibility index (Phi) is 5.97. The Morgan fingerprint density at radius 1 is 0.853 bits per heavy atom. The summed E-state index contributed by atoms with van der Waals surface area (Å²) >= 11 is 0. The fourth-order valence-corrected chi connectivity index (χ4v) is 4.54. The zero-order valence-electron chi connectivity index (χ0n) is 18.6. The highest BCUT2D eigenvalue weighted by Crippen LogP contribution is 2.29. The predicted molar refractivity (Wildman–Crippen MR) is 123 cm³/mol. The first-order valence-corrected chi connectivity index (χ1v) is 11.3. The summed E-state index contributed by atoms with van der Waals surface area (Å²) in [7, 11) is 0. The number of carbonyl (C=O) groups excluding carboxylic acids is 2. The summed E-state index contributed by atoms with van der Waals surface area (Å²) < 4.78 is 11.2. The maximum absolute atomic E-state index is 12.8. The van der Waals surface area contributed by atoms with Gasteiger partial charge in [-0.25, -0.2) is 9.59 Å². The number of hydrogen-bond donors (Lipinski definition) is 1. The van der Waals surface area contributed by atoms with E-state index < -0.39 is 6.09 Å². The van der Waals surface area contributed by atoms with Crippen molar-refractivity contribution in [1.82, 2.24) is 14.7 Å². The lowest BCUT2D eigenvalue weighted by atomic mass is 10.2. The molecule has 178 valence electrons. The highest BCUT2D eigenvalue weighted by Gasteiger charge is 2.42. The molecule has 3 fully saturated rings. The fraction of sp³-hybridized carbons (Fsp3) is 0.375. The van der Waals surface area contributed by atoms with Crippen molar-refractivity contribution in [2.24, 2.45) is 0 Å². The van der Waals surface area contributed by atoms with Gasteiger partial charge in [-0.15, -0.1) is 0 Å². The molecule has 5 rings (SSSR count). The van der Waals surface area contributed by atoms with Crippen molar-refractivity contribution in [3.63, 3.8) is 0 Å². The van der Waals surface area contributed by atoms with Crippen molar-refractivity contribution in [3.8, 4) is 11.5 Å². The Morgan fingerprint density at radius 2 is 1.50 bits per heavy atom. The highest BCUT2D eigenvalue weighted by molar-refractivity contribution is 5.95. The first kappa shape index (κ1) is 22.0.